The summed E-state index contributed by atoms with van der Waals surface area (Å²) in [5, 5.41) is 13.1. The van der Waals surface area contributed by atoms with Crippen LogP contribution in [0, 0.1) is 0 Å². The Balaban J connectivity index is 1.41. The van der Waals surface area contributed by atoms with Crippen molar-refractivity contribution in [3.05, 3.63) is 45.9 Å². The van der Waals surface area contributed by atoms with Gasteiger partial charge in [0.05, 0.1) is 22.8 Å². The van der Waals surface area contributed by atoms with Gasteiger partial charge in [-0.1, -0.05) is 6.92 Å². The van der Waals surface area contributed by atoms with Crippen LogP contribution in [0.25, 0.3) is 22.4 Å². The highest BCUT2D eigenvalue weighted by molar-refractivity contribution is 5.84. The first-order valence-electron chi connectivity index (χ1n) is 11.6. The van der Waals surface area contributed by atoms with Crippen molar-refractivity contribution in [2.75, 3.05) is 32.0 Å². The van der Waals surface area contributed by atoms with Crippen molar-refractivity contribution in [3.63, 3.8) is 0 Å². The summed E-state index contributed by atoms with van der Waals surface area (Å²) in [6, 6.07) is 6.83. The fraction of sp³-hybridized carbons (Fsp3) is 0.500. The van der Waals surface area contributed by atoms with Crippen LogP contribution < -0.4 is 10.9 Å². The van der Waals surface area contributed by atoms with E-state index in [2.05, 4.69) is 44.3 Å². The Labute approximate surface area is 187 Å². The molecule has 0 bridgehead atoms. The van der Waals surface area contributed by atoms with Crippen LogP contribution in [0.1, 0.15) is 37.3 Å². The lowest BCUT2D eigenvalue weighted by atomic mass is 10.0. The molecule has 1 fully saturated rings. The van der Waals surface area contributed by atoms with Crippen molar-refractivity contribution >= 4 is 16.7 Å². The topological polar surface area (TPSA) is 100 Å². The van der Waals surface area contributed by atoms with Crippen LogP contribution in [0.2, 0.25) is 0 Å². The molecule has 1 aromatic carbocycles. The van der Waals surface area contributed by atoms with E-state index in [1.165, 1.54) is 37.1 Å². The monoisotopic (exact) mass is 436 g/mol. The van der Waals surface area contributed by atoms with Gasteiger partial charge in [0.25, 0.3) is 5.56 Å². The zero-order chi connectivity index (χ0) is 22.2. The highest BCUT2D eigenvalue weighted by Gasteiger charge is 2.29. The van der Waals surface area contributed by atoms with Gasteiger partial charge in [0.1, 0.15) is 11.4 Å². The van der Waals surface area contributed by atoms with Gasteiger partial charge in [-0.05, 0) is 68.7 Å². The van der Waals surface area contributed by atoms with E-state index in [-0.39, 0.29) is 5.56 Å². The second-order valence-electron chi connectivity index (χ2n) is 9.20. The average molecular weight is 437 g/mol. The lowest BCUT2D eigenvalue weighted by Crippen LogP contribution is -2.41. The lowest BCUT2D eigenvalue weighted by molar-refractivity contribution is 0.120. The number of H-pyrrole nitrogens is 2. The number of aromatic nitrogens is 3. The molecule has 5 rings (SSSR count). The molecule has 0 aliphatic carbocycles. The Morgan fingerprint density at radius 1 is 1.25 bits per heavy atom. The number of hydrogen-bond donors (Lipinski definition) is 4. The molecule has 2 aromatic heterocycles. The number of hydrogen-bond acceptors (Lipinski definition) is 6. The molecule has 170 valence electrons. The number of fused-ring (bicyclic) bond motifs is 2. The molecule has 2 aliphatic heterocycles. The van der Waals surface area contributed by atoms with Crippen molar-refractivity contribution in [1.82, 2.24) is 24.8 Å². The molecule has 8 heteroatoms. The number of imidazole rings is 1. The second kappa shape index (κ2) is 8.69. The summed E-state index contributed by atoms with van der Waals surface area (Å²) in [6.07, 6.45) is 4.25. The SMILES string of the molecule is CCC(O)CNc1cc[nH]c(=O)c1-c1nc2cc3c(cc2[nH]1)CN(C1CCN(C)CC1)C3. The fourth-order valence-electron chi connectivity index (χ4n) is 4.90. The number of nitrogens with one attached hydrogen (secondary N) is 3. The maximum absolute atomic E-state index is 12.6. The first kappa shape index (κ1) is 21.2. The van der Waals surface area contributed by atoms with Crippen LogP contribution >= 0.6 is 0 Å². The molecular weight excluding hydrogens is 404 g/mol. The third kappa shape index (κ3) is 4.05. The van der Waals surface area contributed by atoms with Crippen molar-refractivity contribution in [1.29, 1.82) is 0 Å². The van der Waals surface area contributed by atoms with Gasteiger partial charge in [-0.3, -0.25) is 9.69 Å². The zero-order valence-corrected chi connectivity index (χ0v) is 18.8. The molecule has 4 heterocycles. The third-order valence-corrected chi connectivity index (χ3v) is 6.95. The van der Waals surface area contributed by atoms with E-state index in [9.17, 15) is 9.90 Å². The summed E-state index contributed by atoms with van der Waals surface area (Å²) in [5.74, 6) is 0.547. The van der Waals surface area contributed by atoms with Gasteiger partial charge in [-0.25, -0.2) is 4.98 Å². The van der Waals surface area contributed by atoms with E-state index in [1.54, 1.807) is 6.20 Å². The molecule has 1 saturated heterocycles. The molecule has 32 heavy (non-hydrogen) atoms. The Morgan fingerprint density at radius 3 is 2.75 bits per heavy atom. The van der Waals surface area contributed by atoms with E-state index in [0.29, 0.717) is 36.1 Å². The minimum atomic E-state index is -0.465. The standard InChI is InChI=1S/C24H32N6O2/c1-3-18(31)12-26-19-4-7-25-24(32)22(19)23-27-20-10-15-13-30(14-16(15)11-21(20)28-23)17-5-8-29(2)9-6-17/h4,7,10-11,17-18,31H,3,5-6,8-9,12-14H2,1-2H3,(H,27,28)(H2,25,26,32). The van der Waals surface area contributed by atoms with Crippen LogP contribution in [-0.4, -0.2) is 68.7 Å². The first-order valence-corrected chi connectivity index (χ1v) is 11.6. The Morgan fingerprint density at radius 2 is 2.00 bits per heavy atom. The highest BCUT2D eigenvalue weighted by Crippen LogP contribution is 2.32. The number of aliphatic hydroxyl groups is 1. The van der Waals surface area contributed by atoms with Gasteiger partial charge in [0, 0.05) is 31.9 Å². The number of pyridine rings is 1. The molecule has 0 saturated carbocycles. The molecule has 3 aromatic rings. The van der Waals surface area contributed by atoms with Crippen LogP contribution in [0.15, 0.2) is 29.2 Å². The predicted octanol–water partition coefficient (Wildman–Crippen LogP) is 2.51. The Hall–Kier alpha value is -2.68. The quantitative estimate of drug-likeness (QED) is 0.474. The van der Waals surface area contributed by atoms with Gasteiger partial charge in [0.2, 0.25) is 0 Å². The molecule has 8 nitrogen and oxygen atoms in total. The van der Waals surface area contributed by atoms with Crippen LogP contribution in [0.3, 0.4) is 0 Å². The number of anilines is 1. The van der Waals surface area contributed by atoms with Gasteiger partial charge < -0.3 is 25.3 Å². The summed E-state index contributed by atoms with van der Waals surface area (Å²) >= 11 is 0. The van der Waals surface area contributed by atoms with Crippen LogP contribution in [-0.2, 0) is 13.1 Å². The Bertz CT molecular complexity index is 1120. The molecule has 1 atom stereocenters. The van der Waals surface area contributed by atoms with E-state index in [0.717, 1.165) is 24.1 Å². The van der Waals surface area contributed by atoms with Crippen molar-refractivity contribution in [3.8, 4) is 11.4 Å². The smallest absolute Gasteiger partial charge is 0.261 e. The number of nitrogens with zero attached hydrogens (tertiary/aromatic N) is 3. The van der Waals surface area contributed by atoms with Gasteiger partial charge in [0.15, 0.2) is 0 Å². The maximum atomic E-state index is 12.6. The van der Waals surface area contributed by atoms with E-state index >= 15 is 0 Å². The maximum Gasteiger partial charge on any atom is 0.261 e. The average Bonchev–Trinajstić information content (AvgIpc) is 3.39. The lowest BCUT2D eigenvalue weighted by Gasteiger charge is -2.34. The Kier molecular flexibility index (Phi) is 5.75. The number of aliphatic hydroxyl groups excluding tert-OH is 1. The first-order chi connectivity index (χ1) is 15.5. The summed E-state index contributed by atoms with van der Waals surface area (Å²) in [7, 11) is 2.20. The number of benzene rings is 1. The number of piperidine rings is 1. The van der Waals surface area contributed by atoms with Gasteiger partial charge >= 0.3 is 0 Å². The second-order valence-corrected chi connectivity index (χ2v) is 9.20. The third-order valence-electron chi connectivity index (χ3n) is 6.95. The largest absolute Gasteiger partial charge is 0.391 e. The number of rotatable bonds is 6. The van der Waals surface area contributed by atoms with Crippen LogP contribution in [0.5, 0.6) is 0 Å². The van der Waals surface area contributed by atoms with E-state index in [1.807, 2.05) is 13.0 Å². The van der Waals surface area contributed by atoms with Crippen molar-refractivity contribution in [2.24, 2.45) is 0 Å². The summed E-state index contributed by atoms with van der Waals surface area (Å²) in [5.41, 5.74) is 5.44. The van der Waals surface area contributed by atoms with E-state index < -0.39 is 6.10 Å². The fourth-order valence-corrected chi connectivity index (χ4v) is 4.90. The highest BCUT2D eigenvalue weighted by atomic mass is 16.3. The normalized spacial score (nSPS) is 18.8. The zero-order valence-electron chi connectivity index (χ0n) is 18.8. The molecule has 1 unspecified atom stereocenters. The summed E-state index contributed by atoms with van der Waals surface area (Å²) in [6.45, 7) is 6.59. The van der Waals surface area contributed by atoms with Crippen LogP contribution in [0.4, 0.5) is 5.69 Å². The number of aromatic amines is 2. The van der Waals surface area contributed by atoms with Crippen molar-refractivity contribution in [2.45, 2.75) is 51.4 Å². The van der Waals surface area contributed by atoms with Gasteiger partial charge in [-0.2, -0.15) is 0 Å². The molecule has 0 radical (unpaired) electrons. The minimum absolute atomic E-state index is 0.207. The van der Waals surface area contributed by atoms with Gasteiger partial charge in [-0.15, -0.1) is 0 Å². The number of likely N-dealkylation sites (tertiary alicyclic amines) is 1. The van der Waals surface area contributed by atoms with E-state index in [4.69, 9.17) is 4.98 Å². The minimum Gasteiger partial charge on any atom is -0.391 e. The predicted molar refractivity (Wildman–Crippen MR) is 127 cm³/mol. The summed E-state index contributed by atoms with van der Waals surface area (Å²) < 4.78 is 0. The molecule has 2 aliphatic rings. The molecule has 0 amide bonds. The molecule has 0 spiro atoms. The van der Waals surface area contributed by atoms with Crippen molar-refractivity contribution < 1.29 is 5.11 Å². The molecule has 4 N–H and O–H groups in total. The molecular formula is C24H32N6O2. The summed E-state index contributed by atoms with van der Waals surface area (Å²) in [4.78, 5) is 28.5.